The van der Waals surface area contributed by atoms with Gasteiger partial charge in [-0.1, -0.05) is 6.07 Å². The number of carbonyl (C=O) groups is 1. The van der Waals surface area contributed by atoms with Crippen molar-refractivity contribution in [1.82, 2.24) is 25.1 Å². The number of hydrogen-bond acceptors (Lipinski definition) is 5. The first-order valence-corrected chi connectivity index (χ1v) is 8.95. The molecule has 3 aromatic rings. The van der Waals surface area contributed by atoms with Gasteiger partial charge in [-0.25, -0.2) is 19.0 Å². The topological polar surface area (TPSA) is 98.7 Å². The van der Waals surface area contributed by atoms with E-state index < -0.39 is 0 Å². The van der Waals surface area contributed by atoms with Gasteiger partial charge in [0.25, 0.3) is 0 Å². The highest BCUT2D eigenvalue weighted by Crippen LogP contribution is 2.21. The summed E-state index contributed by atoms with van der Waals surface area (Å²) in [4.78, 5) is 20.8. The summed E-state index contributed by atoms with van der Waals surface area (Å²) >= 11 is 0. The molecule has 0 bridgehead atoms. The van der Waals surface area contributed by atoms with Crippen molar-refractivity contribution in [1.29, 1.82) is 0 Å². The normalized spacial score (nSPS) is 12.0. The van der Waals surface area contributed by atoms with Crippen LogP contribution in [-0.4, -0.2) is 25.7 Å². The average molecular weight is 382 g/mol. The number of nitrogens with zero attached hydrogens (tertiary/aromatic N) is 4. The minimum atomic E-state index is -0.327. The second kappa shape index (κ2) is 7.75. The highest BCUT2D eigenvalue weighted by atomic mass is 19.1. The SMILES string of the molecule is Cc1nc(N)nc(C)c1CC(=O)NC(C)c1cnn(-c2cccc(F)c2)c1C. The largest absolute Gasteiger partial charge is 0.368 e. The van der Waals surface area contributed by atoms with Crippen molar-refractivity contribution in [2.24, 2.45) is 0 Å². The van der Waals surface area contributed by atoms with Crippen LogP contribution >= 0.6 is 0 Å². The van der Waals surface area contributed by atoms with E-state index in [9.17, 15) is 9.18 Å². The van der Waals surface area contributed by atoms with Crippen LogP contribution in [0.15, 0.2) is 30.5 Å². The maximum atomic E-state index is 13.5. The molecule has 0 aliphatic rings. The number of amides is 1. The zero-order chi connectivity index (χ0) is 20.4. The molecular formula is C20H23FN6O. The average Bonchev–Trinajstić information content (AvgIpc) is 2.99. The van der Waals surface area contributed by atoms with Crippen LogP contribution in [0.3, 0.4) is 0 Å². The second-order valence-electron chi connectivity index (χ2n) is 6.77. The third-order valence-electron chi connectivity index (χ3n) is 4.72. The highest BCUT2D eigenvalue weighted by molar-refractivity contribution is 5.79. The van der Waals surface area contributed by atoms with Gasteiger partial charge >= 0.3 is 0 Å². The fourth-order valence-corrected chi connectivity index (χ4v) is 3.27. The third-order valence-corrected chi connectivity index (χ3v) is 4.72. The molecule has 2 aromatic heterocycles. The first-order chi connectivity index (χ1) is 13.3. The Morgan fingerprint density at radius 3 is 2.57 bits per heavy atom. The Bertz CT molecular complexity index is 1010. The van der Waals surface area contributed by atoms with Gasteiger partial charge in [0.2, 0.25) is 11.9 Å². The predicted molar refractivity (Wildman–Crippen MR) is 104 cm³/mol. The maximum Gasteiger partial charge on any atom is 0.225 e. The number of anilines is 1. The van der Waals surface area contributed by atoms with Crippen molar-refractivity contribution in [3.63, 3.8) is 0 Å². The lowest BCUT2D eigenvalue weighted by Gasteiger charge is -2.15. The molecule has 7 nitrogen and oxygen atoms in total. The quantitative estimate of drug-likeness (QED) is 0.707. The molecule has 0 spiro atoms. The minimum Gasteiger partial charge on any atom is -0.368 e. The van der Waals surface area contributed by atoms with Crippen LogP contribution in [0, 0.1) is 26.6 Å². The van der Waals surface area contributed by atoms with E-state index in [4.69, 9.17) is 5.73 Å². The molecule has 1 unspecified atom stereocenters. The van der Waals surface area contributed by atoms with Gasteiger partial charge in [0, 0.05) is 28.2 Å². The van der Waals surface area contributed by atoms with Crippen LogP contribution in [0.4, 0.5) is 10.3 Å². The molecule has 146 valence electrons. The number of nitrogen functional groups attached to an aromatic ring is 1. The fourth-order valence-electron chi connectivity index (χ4n) is 3.27. The Morgan fingerprint density at radius 1 is 1.25 bits per heavy atom. The summed E-state index contributed by atoms with van der Waals surface area (Å²) in [5, 5.41) is 7.32. The number of nitrogens with one attached hydrogen (secondary N) is 1. The summed E-state index contributed by atoms with van der Waals surface area (Å²) in [6.45, 7) is 7.39. The van der Waals surface area contributed by atoms with Gasteiger partial charge in [-0.15, -0.1) is 0 Å². The Morgan fingerprint density at radius 2 is 1.93 bits per heavy atom. The number of aromatic nitrogens is 4. The van der Waals surface area contributed by atoms with Gasteiger partial charge in [0.15, 0.2) is 0 Å². The fraction of sp³-hybridized carbons (Fsp3) is 0.300. The zero-order valence-corrected chi connectivity index (χ0v) is 16.3. The lowest BCUT2D eigenvalue weighted by molar-refractivity contribution is -0.121. The molecule has 1 atom stereocenters. The van der Waals surface area contributed by atoms with E-state index in [1.807, 2.05) is 27.7 Å². The van der Waals surface area contributed by atoms with E-state index in [1.54, 1.807) is 23.0 Å². The third kappa shape index (κ3) is 4.00. The highest BCUT2D eigenvalue weighted by Gasteiger charge is 2.18. The summed E-state index contributed by atoms with van der Waals surface area (Å²) in [6, 6.07) is 5.96. The lowest BCUT2D eigenvalue weighted by Crippen LogP contribution is -2.29. The Kier molecular flexibility index (Phi) is 5.39. The molecule has 3 rings (SSSR count). The Hall–Kier alpha value is -3.29. The van der Waals surface area contributed by atoms with Crippen LogP contribution < -0.4 is 11.1 Å². The van der Waals surface area contributed by atoms with Crippen LogP contribution in [0.25, 0.3) is 5.69 Å². The molecule has 0 radical (unpaired) electrons. The number of hydrogen-bond donors (Lipinski definition) is 2. The summed E-state index contributed by atoms with van der Waals surface area (Å²) in [5.74, 6) is -0.273. The molecule has 0 saturated heterocycles. The van der Waals surface area contributed by atoms with E-state index >= 15 is 0 Å². The van der Waals surface area contributed by atoms with Gasteiger partial charge in [-0.05, 0) is 45.9 Å². The van der Waals surface area contributed by atoms with Crippen LogP contribution in [-0.2, 0) is 11.2 Å². The lowest BCUT2D eigenvalue weighted by atomic mass is 10.1. The van der Waals surface area contributed by atoms with Crippen molar-refractivity contribution in [3.8, 4) is 5.69 Å². The summed E-state index contributed by atoms with van der Waals surface area (Å²) in [7, 11) is 0. The maximum absolute atomic E-state index is 13.5. The summed E-state index contributed by atoms with van der Waals surface area (Å²) in [6.07, 6.45) is 1.85. The molecule has 28 heavy (non-hydrogen) atoms. The number of rotatable bonds is 5. The molecule has 1 amide bonds. The van der Waals surface area contributed by atoms with Crippen molar-refractivity contribution >= 4 is 11.9 Å². The predicted octanol–water partition coefficient (Wildman–Crippen LogP) is 2.73. The van der Waals surface area contributed by atoms with Crippen LogP contribution in [0.1, 0.15) is 41.2 Å². The van der Waals surface area contributed by atoms with Gasteiger partial charge in [0.05, 0.1) is 24.3 Å². The first-order valence-electron chi connectivity index (χ1n) is 8.95. The number of aryl methyl sites for hydroxylation is 2. The van der Waals surface area contributed by atoms with Crippen LogP contribution in [0.5, 0.6) is 0 Å². The van der Waals surface area contributed by atoms with Gasteiger partial charge in [0.1, 0.15) is 5.82 Å². The van der Waals surface area contributed by atoms with Crippen molar-refractivity contribution in [2.45, 2.75) is 40.2 Å². The molecule has 2 heterocycles. The van der Waals surface area contributed by atoms with E-state index in [0.717, 1.165) is 16.8 Å². The van der Waals surface area contributed by atoms with Gasteiger partial charge < -0.3 is 11.1 Å². The monoisotopic (exact) mass is 382 g/mol. The molecular weight excluding hydrogens is 359 g/mol. The molecule has 0 saturated carbocycles. The Balaban J connectivity index is 1.75. The van der Waals surface area contributed by atoms with E-state index in [1.165, 1.54) is 12.1 Å². The minimum absolute atomic E-state index is 0.148. The number of halogens is 1. The van der Waals surface area contributed by atoms with E-state index in [2.05, 4.69) is 20.4 Å². The summed E-state index contributed by atoms with van der Waals surface area (Å²) < 4.78 is 15.2. The van der Waals surface area contributed by atoms with Gasteiger partial charge in [-0.3, -0.25) is 4.79 Å². The first kappa shape index (κ1) is 19.5. The van der Waals surface area contributed by atoms with Crippen molar-refractivity contribution in [3.05, 3.63) is 64.5 Å². The Labute approximate surface area is 162 Å². The molecule has 3 N–H and O–H groups in total. The second-order valence-corrected chi connectivity index (χ2v) is 6.77. The smallest absolute Gasteiger partial charge is 0.225 e. The summed E-state index contributed by atoms with van der Waals surface area (Å²) in [5.41, 5.74) is 10.1. The molecule has 1 aromatic carbocycles. The number of nitrogens with two attached hydrogens (primary N) is 1. The molecule has 0 aliphatic heterocycles. The van der Waals surface area contributed by atoms with Crippen molar-refractivity contribution < 1.29 is 9.18 Å². The number of carbonyl (C=O) groups excluding carboxylic acids is 1. The molecule has 8 heteroatoms. The zero-order valence-electron chi connectivity index (χ0n) is 16.3. The standard InChI is InChI=1S/C20H23FN6O/c1-11-17(12(2)26-20(22)25-11)9-19(28)24-13(3)18-10-23-27(14(18)4)16-7-5-6-15(21)8-16/h5-8,10,13H,9H2,1-4H3,(H,24,28)(H2,22,25,26). The number of benzene rings is 1. The van der Waals surface area contributed by atoms with Crippen molar-refractivity contribution in [2.75, 3.05) is 5.73 Å². The molecule has 0 fully saturated rings. The van der Waals surface area contributed by atoms with E-state index in [-0.39, 0.29) is 30.1 Å². The van der Waals surface area contributed by atoms with Gasteiger partial charge in [-0.2, -0.15) is 5.10 Å². The van der Waals surface area contributed by atoms with E-state index in [0.29, 0.717) is 17.1 Å². The molecule has 0 aliphatic carbocycles. The van der Waals surface area contributed by atoms with Crippen LogP contribution in [0.2, 0.25) is 0 Å².